The largest absolute Gasteiger partial charge is 0.481 e. The van der Waals surface area contributed by atoms with E-state index in [1.54, 1.807) is 6.92 Å². The molecule has 0 amide bonds. The number of hydrogen-bond acceptors (Lipinski definition) is 2. The molecule has 1 rings (SSSR count). The van der Waals surface area contributed by atoms with Gasteiger partial charge in [-0.1, -0.05) is 30.7 Å². The van der Waals surface area contributed by atoms with Crippen molar-refractivity contribution in [2.45, 2.75) is 20.4 Å². The summed E-state index contributed by atoms with van der Waals surface area (Å²) >= 11 is 5.95. The van der Waals surface area contributed by atoms with E-state index in [-0.39, 0.29) is 5.92 Å². The molecule has 0 saturated carbocycles. The number of rotatable bonds is 5. The number of hydrogen-bond donors (Lipinski definition) is 1. The van der Waals surface area contributed by atoms with Crippen LogP contribution in [-0.4, -0.2) is 29.6 Å². The van der Waals surface area contributed by atoms with Crippen LogP contribution < -0.4 is 0 Å². The fourth-order valence-electron chi connectivity index (χ4n) is 1.73. The molecule has 0 spiro atoms. The predicted molar refractivity (Wildman–Crippen MR) is 69.3 cm³/mol. The Labute approximate surface area is 107 Å². The second-order valence-electron chi connectivity index (χ2n) is 4.52. The van der Waals surface area contributed by atoms with Gasteiger partial charge in [0.05, 0.1) is 5.92 Å². The minimum atomic E-state index is -0.760. The highest BCUT2D eigenvalue weighted by molar-refractivity contribution is 6.31. The first-order valence-electron chi connectivity index (χ1n) is 5.56. The summed E-state index contributed by atoms with van der Waals surface area (Å²) in [5, 5.41) is 9.59. The Morgan fingerprint density at radius 2 is 2.18 bits per heavy atom. The van der Waals surface area contributed by atoms with E-state index >= 15 is 0 Å². The number of aliphatic carboxylic acids is 1. The van der Waals surface area contributed by atoms with Crippen LogP contribution >= 0.6 is 11.6 Å². The number of carboxylic acids is 1. The minimum Gasteiger partial charge on any atom is -0.481 e. The molecule has 0 aliphatic carbocycles. The van der Waals surface area contributed by atoms with Gasteiger partial charge in [-0.25, -0.2) is 0 Å². The molecule has 1 N–H and O–H groups in total. The SMILES string of the molecule is Cc1cc(CN(C)CC(C)C(=O)O)ccc1Cl. The Hall–Kier alpha value is -1.06. The van der Waals surface area contributed by atoms with Crippen LogP contribution in [0.2, 0.25) is 5.02 Å². The van der Waals surface area contributed by atoms with Crippen LogP contribution in [0.1, 0.15) is 18.1 Å². The summed E-state index contributed by atoms with van der Waals surface area (Å²) in [5.41, 5.74) is 2.19. The molecular weight excluding hydrogens is 238 g/mol. The maximum Gasteiger partial charge on any atom is 0.307 e. The van der Waals surface area contributed by atoms with E-state index in [0.29, 0.717) is 6.54 Å². The molecule has 1 unspecified atom stereocenters. The molecule has 0 radical (unpaired) electrons. The highest BCUT2D eigenvalue weighted by Crippen LogP contribution is 2.17. The Morgan fingerprint density at radius 1 is 1.53 bits per heavy atom. The van der Waals surface area contributed by atoms with Crippen molar-refractivity contribution in [3.8, 4) is 0 Å². The molecule has 0 heterocycles. The number of aryl methyl sites for hydroxylation is 1. The lowest BCUT2D eigenvalue weighted by atomic mass is 10.1. The van der Waals surface area contributed by atoms with E-state index in [0.717, 1.165) is 22.7 Å². The van der Waals surface area contributed by atoms with Crippen molar-refractivity contribution in [1.82, 2.24) is 4.90 Å². The van der Waals surface area contributed by atoms with Gasteiger partial charge >= 0.3 is 5.97 Å². The summed E-state index contributed by atoms with van der Waals surface area (Å²) in [6.07, 6.45) is 0. The third kappa shape index (κ3) is 4.36. The molecule has 1 atom stereocenters. The second-order valence-corrected chi connectivity index (χ2v) is 4.93. The van der Waals surface area contributed by atoms with Gasteiger partial charge in [0.15, 0.2) is 0 Å². The Kier molecular flexibility index (Phi) is 4.97. The lowest BCUT2D eigenvalue weighted by molar-refractivity contribution is -0.141. The summed E-state index contributed by atoms with van der Waals surface area (Å²) < 4.78 is 0. The minimum absolute atomic E-state index is 0.353. The summed E-state index contributed by atoms with van der Waals surface area (Å²) in [6, 6.07) is 5.88. The first-order chi connectivity index (χ1) is 7.90. The molecule has 4 heteroatoms. The highest BCUT2D eigenvalue weighted by atomic mass is 35.5. The number of halogens is 1. The van der Waals surface area contributed by atoms with Crippen molar-refractivity contribution in [3.05, 3.63) is 34.3 Å². The number of benzene rings is 1. The molecule has 0 aromatic heterocycles. The summed E-state index contributed by atoms with van der Waals surface area (Å²) in [5.74, 6) is -1.11. The van der Waals surface area contributed by atoms with Crippen LogP contribution in [0.25, 0.3) is 0 Å². The molecule has 0 bridgehead atoms. The van der Waals surface area contributed by atoms with E-state index in [4.69, 9.17) is 16.7 Å². The van der Waals surface area contributed by atoms with Crippen molar-refractivity contribution < 1.29 is 9.90 Å². The van der Waals surface area contributed by atoms with E-state index in [2.05, 4.69) is 0 Å². The van der Waals surface area contributed by atoms with Gasteiger partial charge in [0, 0.05) is 18.1 Å². The molecule has 3 nitrogen and oxygen atoms in total. The summed E-state index contributed by atoms with van der Waals surface area (Å²) in [7, 11) is 1.92. The van der Waals surface area contributed by atoms with Crippen LogP contribution in [-0.2, 0) is 11.3 Å². The first-order valence-corrected chi connectivity index (χ1v) is 5.94. The standard InChI is InChI=1S/C13H18ClNO2/c1-9-6-11(4-5-12(9)14)8-15(3)7-10(2)13(16)17/h4-6,10H,7-8H2,1-3H3,(H,16,17). The van der Waals surface area contributed by atoms with E-state index < -0.39 is 5.97 Å². The van der Waals surface area contributed by atoms with Crippen molar-refractivity contribution in [2.75, 3.05) is 13.6 Å². The quantitative estimate of drug-likeness (QED) is 0.880. The molecule has 1 aromatic carbocycles. The topological polar surface area (TPSA) is 40.5 Å². The monoisotopic (exact) mass is 255 g/mol. The zero-order chi connectivity index (χ0) is 13.0. The Morgan fingerprint density at radius 3 is 2.71 bits per heavy atom. The summed E-state index contributed by atoms with van der Waals surface area (Å²) in [6.45, 7) is 4.95. The van der Waals surface area contributed by atoms with Crippen molar-refractivity contribution in [1.29, 1.82) is 0 Å². The highest BCUT2D eigenvalue weighted by Gasteiger charge is 2.13. The van der Waals surface area contributed by atoms with Gasteiger partial charge in [0.1, 0.15) is 0 Å². The summed E-state index contributed by atoms with van der Waals surface area (Å²) in [4.78, 5) is 12.7. The van der Waals surface area contributed by atoms with Crippen molar-refractivity contribution in [3.63, 3.8) is 0 Å². The van der Waals surface area contributed by atoms with Crippen LogP contribution in [0, 0.1) is 12.8 Å². The van der Waals surface area contributed by atoms with E-state index in [1.807, 2.05) is 37.1 Å². The second kappa shape index (κ2) is 6.03. The zero-order valence-corrected chi connectivity index (χ0v) is 11.2. The van der Waals surface area contributed by atoms with Crippen molar-refractivity contribution >= 4 is 17.6 Å². The third-order valence-corrected chi connectivity index (χ3v) is 3.11. The molecule has 0 aliphatic heterocycles. The number of carboxylic acid groups (broad SMARTS) is 1. The zero-order valence-electron chi connectivity index (χ0n) is 10.4. The third-order valence-electron chi connectivity index (χ3n) is 2.68. The van der Waals surface area contributed by atoms with Gasteiger partial charge in [0.2, 0.25) is 0 Å². The van der Waals surface area contributed by atoms with Gasteiger partial charge in [0.25, 0.3) is 0 Å². The number of nitrogens with zero attached hydrogens (tertiary/aromatic N) is 1. The fourth-order valence-corrected chi connectivity index (χ4v) is 1.84. The lowest BCUT2D eigenvalue weighted by Crippen LogP contribution is -2.28. The number of carbonyl (C=O) groups is 1. The average molecular weight is 256 g/mol. The predicted octanol–water partition coefficient (Wildman–Crippen LogP) is 2.80. The maximum atomic E-state index is 10.7. The van der Waals surface area contributed by atoms with Gasteiger partial charge in [-0.05, 0) is 31.2 Å². The lowest BCUT2D eigenvalue weighted by Gasteiger charge is -2.19. The average Bonchev–Trinajstić information content (AvgIpc) is 2.23. The molecular formula is C13H18ClNO2. The van der Waals surface area contributed by atoms with Gasteiger partial charge in [-0.2, -0.15) is 0 Å². The molecule has 0 fully saturated rings. The van der Waals surface area contributed by atoms with E-state index in [9.17, 15) is 4.79 Å². The molecule has 0 aliphatic rings. The first kappa shape index (κ1) is 14.0. The molecule has 0 saturated heterocycles. The van der Waals surface area contributed by atoms with Gasteiger partial charge < -0.3 is 10.0 Å². The Bertz CT molecular complexity index is 406. The van der Waals surface area contributed by atoms with E-state index in [1.165, 1.54) is 0 Å². The molecule has 94 valence electrons. The van der Waals surface area contributed by atoms with Crippen molar-refractivity contribution in [2.24, 2.45) is 5.92 Å². The van der Waals surface area contributed by atoms with Crippen LogP contribution in [0.4, 0.5) is 0 Å². The Balaban J connectivity index is 2.58. The fraction of sp³-hybridized carbons (Fsp3) is 0.462. The van der Waals surface area contributed by atoms with Crippen LogP contribution in [0.5, 0.6) is 0 Å². The van der Waals surface area contributed by atoms with Crippen LogP contribution in [0.3, 0.4) is 0 Å². The smallest absolute Gasteiger partial charge is 0.307 e. The molecule has 1 aromatic rings. The van der Waals surface area contributed by atoms with Gasteiger partial charge in [-0.15, -0.1) is 0 Å². The maximum absolute atomic E-state index is 10.7. The normalized spacial score (nSPS) is 12.8. The van der Waals surface area contributed by atoms with Crippen LogP contribution in [0.15, 0.2) is 18.2 Å². The molecule has 17 heavy (non-hydrogen) atoms. The van der Waals surface area contributed by atoms with Gasteiger partial charge in [-0.3, -0.25) is 4.79 Å².